The van der Waals surface area contributed by atoms with E-state index in [1.807, 2.05) is 6.92 Å². The van der Waals surface area contributed by atoms with Crippen LogP contribution in [0.3, 0.4) is 0 Å². The third-order valence-corrected chi connectivity index (χ3v) is 2.78. The number of halogens is 3. The van der Waals surface area contributed by atoms with Gasteiger partial charge in [-0.15, -0.1) is 11.8 Å². The molecule has 12 heavy (non-hydrogen) atoms. The lowest BCUT2D eigenvalue weighted by Crippen LogP contribution is -2.33. The largest absolute Gasteiger partial charge is 0.401 e. The molecular weight excluding hydrogens is 187 g/mol. The molecule has 1 unspecified atom stereocenters. The fraction of sp³-hybridized carbons (Fsp3) is 1.00. The summed E-state index contributed by atoms with van der Waals surface area (Å²) in [5.41, 5.74) is 5.00. The summed E-state index contributed by atoms with van der Waals surface area (Å²) in [4.78, 5) is 0. The zero-order chi connectivity index (χ0) is 9.61. The molecule has 5 heteroatoms. The van der Waals surface area contributed by atoms with Gasteiger partial charge in [-0.3, -0.25) is 0 Å². The molecule has 0 heterocycles. The molecule has 0 amide bonds. The normalized spacial score (nSPS) is 14.8. The molecule has 0 rings (SSSR count). The Balaban J connectivity index is 3.68. The van der Waals surface area contributed by atoms with Crippen LogP contribution in [0.1, 0.15) is 19.8 Å². The van der Waals surface area contributed by atoms with E-state index in [1.54, 1.807) is 0 Å². The first-order valence-electron chi connectivity index (χ1n) is 3.90. The van der Waals surface area contributed by atoms with Crippen LogP contribution >= 0.6 is 11.8 Å². The quantitative estimate of drug-likeness (QED) is 0.691. The second kappa shape index (κ2) is 5.70. The maximum absolute atomic E-state index is 12.0. The van der Waals surface area contributed by atoms with Crippen LogP contribution in [-0.2, 0) is 0 Å². The molecule has 1 atom stereocenters. The first-order valence-corrected chi connectivity index (χ1v) is 4.95. The lowest BCUT2D eigenvalue weighted by Gasteiger charge is -2.17. The molecule has 0 aromatic carbocycles. The number of alkyl halides is 3. The van der Waals surface area contributed by atoms with Gasteiger partial charge in [-0.1, -0.05) is 13.3 Å². The monoisotopic (exact) mass is 201 g/mol. The van der Waals surface area contributed by atoms with Crippen LogP contribution in [0.25, 0.3) is 0 Å². The molecule has 0 aliphatic carbocycles. The lowest BCUT2D eigenvalue weighted by molar-refractivity contribution is -0.126. The second-order valence-electron chi connectivity index (χ2n) is 2.49. The predicted octanol–water partition coefficient (Wildman–Crippen LogP) is 2.41. The maximum atomic E-state index is 12.0. The summed E-state index contributed by atoms with van der Waals surface area (Å²) in [7, 11) is 0. The zero-order valence-electron chi connectivity index (χ0n) is 7.03. The zero-order valence-corrected chi connectivity index (χ0v) is 7.84. The Kier molecular flexibility index (Phi) is 5.74. The Morgan fingerprint density at radius 3 is 2.33 bits per heavy atom. The van der Waals surface area contributed by atoms with Crippen LogP contribution in [0.15, 0.2) is 0 Å². The van der Waals surface area contributed by atoms with E-state index in [0.717, 1.165) is 24.6 Å². The molecule has 0 spiro atoms. The fourth-order valence-electron chi connectivity index (χ4n) is 0.666. The van der Waals surface area contributed by atoms with Gasteiger partial charge >= 0.3 is 6.18 Å². The molecule has 0 saturated carbocycles. The smallest absolute Gasteiger partial charge is 0.329 e. The van der Waals surface area contributed by atoms with Crippen LogP contribution in [0.4, 0.5) is 13.2 Å². The molecule has 0 fully saturated rings. The van der Waals surface area contributed by atoms with E-state index < -0.39 is 11.4 Å². The molecule has 0 radical (unpaired) electrons. The Labute approximate surface area is 74.9 Å². The highest BCUT2D eigenvalue weighted by atomic mass is 32.2. The van der Waals surface area contributed by atoms with Crippen molar-refractivity contribution in [2.45, 2.75) is 31.2 Å². The van der Waals surface area contributed by atoms with Crippen molar-refractivity contribution in [3.8, 4) is 0 Å². The fourth-order valence-corrected chi connectivity index (χ4v) is 1.73. The Morgan fingerprint density at radius 2 is 2.00 bits per heavy atom. The van der Waals surface area contributed by atoms with Crippen LogP contribution in [0.2, 0.25) is 0 Å². The van der Waals surface area contributed by atoms with E-state index in [0.29, 0.717) is 5.75 Å². The van der Waals surface area contributed by atoms with E-state index in [-0.39, 0.29) is 6.54 Å². The summed E-state index contributed by atoms with van der Waals surface area (Å²) < 4.78 is 36.1. The van der Waals surface area contributed by atoms with Crippen molar-refractivity contribution in [2.24, 2.45) is 5.73 Å². The minimum atomic E-state index is -4.15. The number of nitrogens with two attached hydrogens (primary N) is 1. The van der Waals surface area contributed by atoms with Gasteiger partial charge in [0.05, 0.1) is 0 Å². The minimum absolute atomic E-state index is 0.322. The summed E-state index contributed by atoms with van der Waals surface area (Å²) in [5.74, 6) is 0.540. The van der Waals surface area contributed by atoms with Gasteiger partial charge in [0.2, 0.25) is 0 Å². The van der Waals surface area contributed by atoms with Crippen molar-refractivity contribution in [3.05, 3.63) is 0 Å². The van der Waals surface area contributed by atoms with Crippen molar-refractivity contribution < 1.29 is 13.2 Å². The average Bonchev–Trinajstić information content (AvgIpc) is 1.95. The van der Waals surface area contributed by atoms with Crippen LogP contribution in [0, 0.1) is 0 Å². The highest BCUT2D eigenvalue weighted by Gasteiger charge is 2.38. The van der Waals surface area contributed by atoms with Gasteiger partial charge in [-0.05, 0) is 12.2 Å². The Morgan fingerprint density at radius 1 is 1.42 bits per heavy atom. The third-order valence-electron chi connectivity index (χ3n) is 1.40. The first kappa shape index (κ1) is 12.1. The van der Waals surface area contributed by atoms with Crippen molar-refractivity contribution in [3.63, 3.8) is 0 Å². The minimum Gasteiger partial charge on any atom is -0.329 e. The summed E-state index contributed by atoms with van der Waals surface area (Å²) in [6.07, 6.45) is -2.41. The van der Waals surface area contributed by atoms with Gasteiger partial charge in [0.15, 0.2) is 0 Å². The van der Waals surface area contributed by atoms with E-state index in [4.69, 9.17) is 5.73 Å². The van der Waals surface area contributed by atoms with Gasteiger partial charge in [0.25, 0.3) is 0 Å². The van der Waals surface area contributed by atoms with Gasteiger partial charge < -0.3 is 5.73 Å². The maximum Gasteiger partial charge on any atom is 0.401 e. The van der Waals surface area contributed by atoms with Gasteiger partial charge in [0.1, 0.15) is 5.25 Å². The molecular formula is C7H14F3NS. The number of hydrogen-bond acceptors (Lipinski definition) is 2. The topological polar surface area (TPSA) is 26.0 Å². The van der Waals surface area contributed by atoms with Crippen LogP contribution in [-0.4, -0.2) is 23.7 Å². The molecule has 0 aromatic rings. The second-order valence-corrected chi connectivity index (χ2v) is 3.80. The van der Waals surface area contributed by atoms with Crippen molar-refractivity contribution >= 4 is 11.8 Å². The standard InChI is InChI=1S/C7H14F3NS/c1-2-3-4-12-6(5-11)7(8,9)10/h6H,2-5,11H2,1H3. The number of thioether (sulfide) groups is 1. The number of hydrogen-bond donors (Lipinski definition) is 1. The van der Waals surface area contributed by atoms with Gasteiger partial charge in [0, 0.05) is 6.54 Å². The Hall–Kier alpha value is 0.100. The third kappa shape index (κ3) is 4.87. The summed E-state index contributed by atoms with van der Waals surface area (Å²) in [6.45, 7) is 1.63. The van der Waals surface area contributed by atoms with E-state index in [2.05, 4.69) is 0 Å². The molecule has 0 aromatic heterocycles. The van der Waals surface area contributed by atoms with Gasteiger partial charge in [-0.2, -0.15) is 13.2 Å². The van der Waals surface area contributed by atoms with Crippen LogP contribution < -0.4 is 5.73 Å². The summed E-state index contributed by atoms with van der Waals surface area (Å²) in [5, 5.41) is -1.39. The molecule has 0 aliphatic heterocycles. The first-order chi connectivity index (χ1) is 5.52. The molecule has 0 saturated heterocycles. The highest BCUT2D eigenvalue weighted by molar-refractivity contribution is 8.00. The highest BCUT2D eigenvalue weighted by Crippen LogP contribution is 2.29. The molecule has 0 bridgehead atoms. The summed E-state index contributed by atoms with van der Waals surface area (Å²) in [6, 6.07) is 0. The summed E-state index contributed by atoms with van der Waals surface area (Å²) >= 11 is 0.903. The molecule has 74 valence electrons. The van der Waals surface area contributed by atoms with E-state index in [1.165, 1.54) is 0 Å². The van der Waals surface area contributed by atoms with Crippen LogP contribution in [0.5, 0.6) is 0 Å². The van der Waals surface area contributed by atoms with E-state index in [9.17, 15) is 13.2 Å². The van der Waals surface area contributed by atoms with Gasteiger partial charge in [-0.25, -0.2) is 0 Å². The predicted molar refractivity (Wildman–Crippen MR) is 46.3 cm³/mol. The van der Waals surface area contributed by atoms with E-state index >= 15 is 0 Å². The molecule has 2 N–H and O–H groups in total. The lowest BCUT2D eigenvalue weighted by atomic mass is 10.4. The molecule has 1 nitrogen and oxygen atoms in total. The van der Waals surface area contributed by atoms with Crippen molar-refractivity contribution in [2.75, 3.05) is 12.3 Å². The number of rotatable bonds is 5. The van der Waals surface area contributed by atoms with Crippen molar-refractivity contribution in [1.29, 1.82) is 0 Å². The van der Waals surface area contributed by atoms with Crippen molar-refractivity contribution in [1.82, 2.24) is 0 Å². The average molecular weight is 201 g/mol. The number of unbranched alkanes of at least 4 members (excludes halogenated alkanes) is 1. The SMILES string of the molecule is CCCCSC(CN)C(F)(F)F. The molecule has 0 aliphatic rings. The Bertz CT molecular complexity index is 116.